The molecule has 1 aromatic rings. The second-order valence-corrected chi connectivity index (χ2v) is 6.75. The van der Waals surface area contributed by atoms with Gasteiger partial charge in [0.1, 0.15) is 0 Å². The molecule has 0 unspecified atom stereocenters. The maximum absolute atomic E-state index is 12.4. The van der Waals surface area contributed by atoms with E-state index in [2.05, 4.69) is 11.4 Å². The van der Waals surface area contributed by atoms with Crippen LogP contribution in [0.25, 0.3) is 0 Å². The summed E-state index contributed by atoms with van der Waals surface area (Å²) >= 11 is 1.68. The topological polar surface area (TPSA) is 58.6 Å². The molecule has 2 fully saturated rings. The first-order valence-corrected chi connectivity index (χ1v) is 8.21. The Hall–Kier alpha value is -0.910. The lowest BCUT2D eigenvalue weighted by atomic mass is 9.76. The molecule has 0 aromatic carbocycles. The molecule has 5 heteroatoms. The third-order valence-electron chi connectivity index (χ3n) is 4.36. The second kappa shape index (κ2) is 6.24. The van der Waals surface area contributed by atoms with Gasteiger partial charge in [0, 0.05) is 24.0 Å². The Morgan fingerprint density at radius 3 is 2.75 bits per heavy atom. The van der Waals surface area contributed by atoms with Crippen LogP contribution in [-0.4, -0.2) is 30.3 Å². The van der Waals surface area contributed by atoms with Crippen molar-refractivity contribution in [2.24, 2.45) is 11.8 Å². The van der Waals surface area contributed by atoms with E-state index >= 15 is 0 Å². The Morgan fingerprint density at radius 2 is 2.15 bits per heavy atom. The van der Waals surface area contributed by atoms with Crippen LogP contribution in [0.1, 0.15) is 36.6 Å². The number of rotatable bonds is 4. The zero-order valence-corrected chi connectivity index (χ0v) is 12.3. The first-order chi connectivity index (χ1) is 9.74. The maximum Gasteiger partial charge on any atom is 0.223 e. The summed E-state index contributed by atoms with van der Waals surface area (Å²) in [5.74, 6) is 0.594. The molecule has 1 atom stereocenters. The van der Waals surface area contributed by atoms with E-state index in [-0.39, 0.29) is 24.0 Å². The van der Waals surface area contributed by atoms with Crippen molar-refractivity contribution < 1.29 is 14.6 Å². The maximum atomic E-state index is 12.4. The molecule has 1 saturated carbocycles. The molecule has 1 saturated heterocycles. The van der Waals surface area contributed by atoms with Crippen LogP contribution < -0.4 is 5.32 Å². The summed E-state index contributed by atoms with van der Waals surface area (Å²) in [5, 5.41) is 14.8. The normalized spacial score (nSPS) is 28.6. The number of aliphatic hydroxyl groups is 1. The molecule has 0 radical (unpaired) electrons. The quantitative estimate of drug-likeness (QED) is 0.894. The number of aliphatic hydroxyl groups excluding tert-OH is 1. The minimum absolute atomic E-state index is 0.0637. The van der Waals surface area contributed by atoms with E-state index < -0.39 is 0 Å². The second-order valence-electron chi connectivity index (χ2n) is 5.77. The molecular weight excluding hydrogens is 274 g/mol. The summed E-state index contributed by atoms with van der Waals surface area (Å²) in [5.41, 5.74) is 0. The zero-order chi connectivity index (χ0) is 13.9. The van der Waals surface area contributed by atoms with Crippen molar-refractivity contribution in [3.05, 3.63) is 22.4 Å². The fourth-order valence-electron chi connectivity index (χ4n) is 3.02. The zero-order valence-electron chi connectivity index (χ0n) is 11.5. The van der Waals surface area contributed by atoms with Crippen LogP contribution in [-0.2, 0) is 9.53 Å². The number of hydrogen-bond acceptors (Lipinski definition) is 4. The predicted octanol–water partition coefficient (Wildman–Crippen LogP) is 2.10. The number of hydrogen-bond donors (Lipinski definition) is 2. The van der Waals surface area contributed by atoms with Gasteiger partial charge in [0.2, 0.25) is 5.91 Å². The highest BCUT2D eigenvalue weighted by molar-refractivity contribution is 7.10. The van der Waals surface area contributed by atoms with E-state index in [0.29, 0.717) is 19.1 Å². The molecular formula is C15H21NO3S. The largest absolute Gasteiger partial charge is 0.393 e. The SMILES string of the molecule is O=C(N[C@@H](c1cccs1)C1CC(O)C1)C1CCOCC1. The third-order valence-corrected chi connectivity index (χ3v) is 5.32. The van der Waals surface area contributed by atoms with Crippen molar-refractivity contribution in [2.45, 2.75) is 37.8 Å². The molecule has 0 spiro atoms. The van der Waals surface area contributed by atoms with Gasteiger partial charge in [-0.15, -0.1) is 11.3 Å². The van der Waals surface area contributed by atoms with E-state index in [1.54, 1.807) is 11.3 Å². The first-order valence-electron chi connectivity index (χ1n) is 7.33. The average Bonchev–Trinajstić information content (AvgIpc) is 2.96. The number of carbonyl (C=O) groups excluding carboxylic acids is 1. The van der Waals surface area contributed by atoms with Crippen molar-refractivity contribution in [3.63, 3.8) is 0 Å². The summed E-state index contributed by atoms with van der Waals surface area (Å²) in [4.78, 5) is 13.6. The monoisotopic (exact) mass is 295 g/mol. The Bertz CT molecular complexity index is 436. The van der Waals surface area contributed by atoms with Crippen LogP contribution in [0.2, 0.25) is 0 Å². The van der Waals surface area contributed by atoms with Crippen molar-refractivity contribution in [1.82, 2.24) is 5.32 Å². The molecule has 0 bridgehead atoms. The van der Waals surface area contributed by atoms with Gasteiger partial charge in [-0.05, 0) is 43.0 Å². The van der Waals surface area contributed by atoms with Crippen LogP contribution in [0, 0.1) is 11.8 Å². The summed E-state index contributed by atoms with van der Waals surface area (Å²) < 4.78 is 5.31. The summed E-state index contributed by atoms with van der Waals surface area (Å²) in [6.07, 6.45) is 3.02. The summed E-state index contributed by atoms with van der Waals surface area (Å²) in [6.45, 7) is 1.37. The number of thiophene rings is 1. The van der Waals surface area contributed by atoms with Gasteiger partial charge in [-0.2, -0.15) is 0 Å². The van der Waals surface area contributed by atoms with Crippen molar-refractivity contribution in [3.8, 4) is 0 Å². The van der Waals surface area contributed by atoms with Crippen molar-refractivity contribution in [2.75, 3.05) is 13.2 Å². The third kappa shape index (κ3) is 3.05. The van der Waals surface area contributed by atoms with Gasteiger partial charge in [-0.1, -0.05) is 6.07 Å². The fraction of sp³-hybridized carbons (Fsp3) is 0.667. The molecule has 2 N–H and O–H groups in total. The molecule has 1 aromatic heterocycles. The van der Waals surface area contributed by atoms with E-state index in [0.717, 1.165) is 25.7 Å². The molecule has 1 amide bonds. The summed E-state index contributed by atoms with van der Waals surface area (Å²) in [7, 11) is 0. The first kappa shape index (κ1) is 14.0. The number of nitrogens with one attached hydrogen (secondary N) is 1. The van der Waals surface area contributed by atoms with E-state index in [4.69, 9.17) is 4.74 Å². The van der Waals surface area contributed by atoms with Gasteiger partial charge >= 0.3 is 0 Å². The highest BCUT2D eigenvalue weighted by Crippen LogP contribution is 2.39. The van der Waals surface area contributed by atoms with Crippen LogP contribution in [0.15, 0.2) is 17.5 Å². The molecule has 3 rings (SSSR count). The molecule has 2 heterocycles. The van der Waals surface area contributed by atoms with Gasteiger partial charge < -0.3 is 15.2 Å². The van der Waals surface area contributed by atoms with Crippen LogP contribution >= 0.6 is 11.3 Å². The number of ether oxygens (including phenoxy) is 1. The standard InChI is InChI=1S/C15H21NO3S/c17-12-8-11(9-12)14(13-2-1-7-20-13)16-15(18)10-3-5-19-6-4-10/h1-2,7,10-12,14,17H,3-6,8-9H2,(H,16,18)/t11?,12?,14-/m1/s1. The Balaban J connectivity index is 1.65. The Labute approximate surface area is 123 Å². The highest BCUT2D eigenvalue weighted by Gasteiger charge is 2.37. The van der Waals surface area contributed by atoms with Gasteiger partial charge in [0.25, 0.3) is 0 Å². The molecule has 1 aliphatic carbocycles. The number of amides is 1. The molecule has 2 aliphatic rings. The number of carbonyl (C=O) groups is 1. The smallest absolute Gasteiger partial charge is 0.223 e. The fourth-order valence-corrected chi connectivity index (χ4v) is 3.89. The van der Waals surface area contributed by atoms with E-state index in [1.165, 1.54) is 4.88 Å². The lowest BCUT2D eigenvalue weighted by Crippen LogP contribution is -2.43. The van der Waals surface area contributed by atoms with Crippen LogP contribution in [0.3, 0.4) is 0 Å². The lowest BCUT2D eigenvalue weighted by molar-refractivity contribution is -0.129. The minimum Gasteiger partial charge on any atom is -0.393 e. The van der Waals surface area contributed by atoms with Crippen molar-refractivity contribution >= 4 is 17.2 Å². The molecule has 1 aliphatic heterocycles. The van der Waals surface area contributed by atoms with E-state index in [9.17, 15) is 9.90 Å². The lowest BCUT2D eigenvalue weighted by Gasteiger charge is -2.38. The van der Waals surface area contributed by atoms with Gasteiger partial charge in [-0.3, -0.25) is 4.79 Å². The van der Waals surface area contributed by atoms with Crippen LogP contribution in [0.5, 0.6) is 0 Å². The predicted molar refractivity (Wildman–Crippen MR) is 77.5 cm³/mol. The minimum atomic E-state index is -0.192. The average molecular weight is 295 g/mol. The van der Waals surface area contributed by atoms with Gasteiger partial charge in [0.15, 0.2) is 0 Å². The molecule has 20 heavy (non-hydrogen) atoms. The van der Waals surface area contributed by atoms with Gasteiger partial charge in [0.05, 0.1) is 12.1 Å². The highest BCUT2D eigenvalue weighted by atomic mass is 32.1. The van der Waals surface area contributed by atoms with E-state index in [1.807, 2.05) is 11.4 Å². The molecule has 110 valence electrons. The summed E-state index contributed by atoms with van der Waals surface area (Å²) in [6, 6.07) is 4.15. The van der Waals surface area contributed by atoms with Gasteiger partial charge in [-0.25, -0.2) is 0 Å². The van der Waals surface area contributed by atoms with Crippen LogP contribution in [0.4, 0.5) is 0 Å². The van der Waals surface area contributed by atoms with Crippen molar-refractivity contribution in [1.29, 1.82) is 0 Å². The Kier molecular flexibility index (Phi) is 4.38. The molecule has 4 nitrogen and oxygen atoms in total. The Morgan fingerprint density at radius 1 is 1.40 bits per heavy atom.